The highest BCUT2D eigenvalue weighted by Gasteiger charge is 2.32. The van der Waals surface area contributed by atoms with Crippen molar-refractivity contribution >= 4 is 35.2 Å². The van der Waals surface area contributed by atoms with Crippen LogP contribution < -0.4 is 0 Å². The molecule has 2 unspecified atom stereocenters. The zero-order valence-corrected chi connectivity index (χ0v) is 18.1. The quantitative estimate of drug-likeness (QED) is 0.407. The summed E-state index contributed by atoms with van der Waals surface area (Å²) < 4.78 is 5.81. The predicted molar refractivity (Wildman–Crippen MR) is 110 cm³/mol. The third-order valence-electron chi connectivity index (χ3n) is 4.76. The third kappa shape index (κ3) is 6.22. The number of aliphatic hydroxyl groups is 1. The van der Waals surface area contributed by atoms with Gasteiger partial charge in [-0.15, -0.1) is 11.3 Å². The Morgan fingerprint density at radius 2 is 2.32 bits per heavy atom. The Labute approximate surface area is 173 Å². The Hall–Kier alpha value is -1.58. The average molecular weight is 429 g/mol. The molecule has 156 valence electrons. The lowest BCUT2D eigenvalue weighted by atomic mass is 9.81. The van der Waals surface area contributed by atoms with E-state index >= 15 is 0 Å². The fourth-order valence-corrected chi connectivity index (χ4v) is 4.62. The van der Waals surface area contributed by atoms with Crippen molar-refractivity contribution in [2.75, 3.05) is 18.9 Å². The molecule has 1 saturated heterocycles. The molecule has 28 heavy (non-hydrogen) atoms. The number of hydrogen-bond acceptors (Lipinski definition) is 7. The van der Waals surface area contributed by atoms with Gasteiger partial charge in [0.25, 0.3) is 0 Å². The Morgan fingerprint density at radius 1 is 1.57 bits per heavy atom. The maximum Gasteiger partial charge on any atom is 0.410 e. The fraction of sp³-hybridized carbons (Fsp3) is 0.632. The van der Waals surface area contributed by atoms with Crippen molar-refractivity contribution in [2.45, 2.75) is 56.5 Å². The molecule has 7 nitrogen and oxygen atoms in total. The molecule has 2 rings (SSSR count). The topological polar surface area (TPSA) is 100.0 Å². The first kappa shape index (κ1) is 22.7. The van der Waals surface area contributed by atoms with E-state index < -0.39 is 12.1 Å². The molecule has 9 heteroatoms. The number of unbranched alkanes of at least 4 members (excludes halogenated alkanes) is 1. The first-order valence-corrected chi connectivity index (χ1v) is 11.2. The molecular formula is C19H28N2O5S2. The summed E-state index contributed by atoms with van der Waals surface area (Å²) in [5, 5.41) is 20.9. The Kier molecular flexibility index (Phi) is 8.33. The summed E-state index contributed by atoms with van der Waals surface area (Å²) in [7, 11) is 0. The molecular weight excluding hydrogens is 400 g/mol. The van der Waals surface area contributed by atoms with E-state index in [1.165, 1.54) is 28.5 Å². The van der Waals surface area contributed by atoms with E-state index in [4.69, 9.17) is 9.84 Å². The Balaban J connectivity index is 1.88. The number of cyclic esters (lactones) is 1. The summed E-state index contributed by atoms with van der Waals surface area (Å²) >= 11 is 2.68. The van der Waals surface area contributed by atoms with E-state index in [2.05, 4.69) is 11.9 Å². The summed E-state index contributed by atoms with van der Waals surface area (Å²) in [4.78, 5) is 28.5. The number of nitrogens with zero attached hydrogens (tertiary/aromatic N) is 2. The van der Waals surface area contributed by atoms with Crippen molar-refractivity contribution in [3.63, 3.8) is 0 Å². The van der Waals surface area contributed by atoms with Gasteiger partial charge in [0.15, 0.2) is 10.0 Å². The van der Waals surface area contributed by atoms with Crippen LogP contribution in [-0.2, 0) is 4.74 Å². The molecule has 0 aromatic carbocycles. The van der Waals surface area contributed by atoms with Crippen molar-refractivity contribution in [3.05, 3.63) is 23.2 Å². The van der Waals surface area contributed by atoms with Gasteiger partial charge < -0.3 is 14.9 Å². The molecule has 2 N–H and O–H groups in total. The molecule has 0 aliphatic carbocycles. The molecule has 1 amide bonds. The highest BCUT2D eigenvalue weighted by Crippen LogP contribution is 2.29. The lowest BCUT2D eigenvalue weighted by Gasteiger charge is -2.29. The lowest BCUT2D eigenvalue weighted by Crippen LogP contribution is -2.35. The van der Waals surface area contributed by atoms with E-state index in [1.807, 2.05) is 19.9 Å². The first-order valence-electron chi connectivity index (χ1n) is 9.36. The molecule has 1 aromatic rings. The predicted octanol–water partition coefficient (Wildman–Crippen LogP) is 3.89. The molecule has 0 bridgehead atoms. The van der Waals surface area contributed by atoms with Crippen LogP contribution in [0.1, 0.15) is 50.5 Å². The summed E-state index contributed by atoms with van der Waals surface area (Å²) in [6.07, 6.45) is 5.73. The number of carbonyl (C=O) groups excluding carboxylic acids is 1. The number of amides is 1. The second kappa shape index (κ2) is 10.3. The van der Waals surface area contributed by atoms with Gasteiger partial charge in [0.1, 0.15) is 6.61 Å². The summed E-state index contributed by atoms with van der Waals surface area (Å²) in [5.41, 5.74) is -0.183. The van der Waals surface area contributed by atoms with E-state index in [-0.39, 0.29) is 29.9 Å². The van der Waals surface area contributed by atoms with Gasteiger partial charge in [-0.2, -0.15) is 0 Å². The van der Waals surface area contributed by atoms with Crippen LogP contribution in [0.25, 0.3) is 0 Å². The molecule has 1 aromatic heterocycles. The number of aromatic carboxylic acids is 1. The Morgan fingerprint density at radius 3 is 2.96 bits per heavy atom. The Bertz CT molecular complexity index is 704. The van der Waals surface area contributed by atoms with Gasteiger partial charge in [0, 0.05) is 17.7 Å². The molecule has 0 spiro atoms. The standard InChI is InChI=1S/C19H28N2O5S2/c1-4-5-8-19(2,3)15(22)7-6-13-11-26-18(25)21(13)9-10-27-17-20-14(12-28-17)16(23)24/h6-7,12-13,15,22H,4-5,8-11H2,1-3H3,(H,23,24). The van der Waals surface area contributed by atoms with Crippen LogP contribution in [0.2, 0.25) is 0 Å². The number of thioether (sulfide) groups is 1. The summed E-state index contributed by atoms with van der Waals surface area (Å²) in [6.45, 7) is 6.94. The number of hydrogen-bond donors (Lipinski definition) is 2. The van der Waals surface area contributed by atoms with Crippen LogP contribution in [0.4, 0.5) is 4.79 Å². The zero-order valence-electron chi connectivity index (χ0n) is 16.5. The van der Waals surface area contributed by atoms with Gasteiger partial charge in [-0.3, -0.25) is 4.90 Å². The zero-order chi connectivity index (χ0) is 20.7. The molecule has 1 aliphatic rings. The van der Waals surface area contributed by atoms with Gasteiger partial charge in [0.2, 0.25) is 0 Å². The van der Waals surface area contributed by atoms with Crippen LogP contribution >= 0.6 is 23.1 Å². The minimum absolute atomic E-state index is 0.0357. The second-order valence-corrected chi connectivity index (χ2v) is 9.61. The average Bonchev–Trinajstić information content (AvgIpc) is 3.26. The fourth-order valence-electron chi connectivity index (χ4n) is 2.81. The van der Waals surface area contributed by atoms with Crippen LogP contribution in [0, 0.1) is 5.41 Å². The minimum atomic E-state index is -1.04. The number of carbonyl (C=O) groups is 2. The van der Waals surface area contributed by atoms with Crippen molar-refractivity contribution in [1.29, 1.82) is 0 Å². The molecule has 0 saturated carbocycles. The third-order valence-corrected chi connectivity index (χ3v) is 6.76. The summed E-state index contributed by atoms with van der Waals surface area (Å²) in [5.74, 6) is -0.465. The maximum atomic E-state index is 12.0. The smallest absolute Gasteiger partial charge is 0.410 e. The molecule has 1 fully saturated rings. The van der Waals surface area contributed by atoms with Crippen molar-refractivity contribution in [1.82, 2.24) is 9.88 Å². The van der Waals surface area contributed by atoms with E-state index in [0.717, 1.165) is 19.3 Å². The van der Waals surface area contributed by atoms with Gasteiger partial charge in [-0.1, -0.05) is 57.5 Å². The largest absolute Gasteiger partial charge is 0.476 e. The van der Waals surface area contributed by atoms with E-state index in [9.17, 15) is 14.7 Å². The maximum absolute atomic E-state index is 12.0. The highest BCUT2D eigenvalue weighted by molar-refractivity contribution is 8.01. The van der Waals surface area contributed by atoms with Gasteiger partial charge in [0.05, 0.1) is 12.1 Å². The summed E-state index contributed by atoms with van der Waals surface area (Å²) in [6, 6.07) is -0.212. The normalized spacial score (nSPS) is 18.6. The van der Waals surface area contributed by atoms with E-state index in [1.54, 1.807) is 11.0 Å². The highest BCUT2D eigenvalue weighted by atomic mass is 32.2. The van der Waals surface area contributed by atoms with Gasteiger partial charge >= 0.3 is 12.1 Å². The van der Waals surface area contributed by atoms with Crippen molar-refractivity contribution in [3.8, 4) is 0 Å². The molecule has 0 radical (unpaired) electrons. The van der Waals surface area contributed by atoms with Crippen LogP contribution in [0.5, 0.6) is 0 Å². The second-order valence-electron chi connectivity index (χ2n) is 7.41. The monoisotopic (exact) mass is 428 g/mol. The first-order chi connectivity index (χ1) is 13.2. The number of carboxylic acids is 1. The van der Waals surface area contributed by atoms with Gasteiger partial charge in [-0.25, -0.2) is 14.6 Å². The van der Waals surface area contributed by atoms with Crippen LogP contribution in [-0.4, -0.2) is 63.2 Å². The number of rotatable bonds is 11. The van der Waals surface area contributed by atoms with Crippen molar-refractivity contribution < 1.29 is 24.5 Å². The number of thiazole rings is 1. The molecule has 2 heterocycles. The number of aliphatic hydroxyl groups excluding tert-OH is 1. The minimum Gasteiger partial charge on any atom is -0.476 e. The number of ether oxygens (including phenoxy) is 1. The van der Waals surface area contributed by atoms with E-state index in [0.29, 0.717) is 16.6 Å². The lowest BCUT2D eigenvalue weighted by molar-refractivity contribution is 0.0690. The van der Waals surface area contributed by atoms with Crippen LogP contribution in [0.3, 0.4) is 0 Å². The van der Waals surface area contributed by atoms with Crippen molar-refractivity contribution in [2.24, 2.45) is 5.41 Å². The SMILES string of the molecule is CCCCC(C)(C)C(O)C=CC1COC(=O)N1CCSc1nc(C(=O)O)cs1. The van der Waals surface area contributed by atoms with Crippen LogP contribution in [0.15, 0.2) is 21.9 Å². The number of aromatic nitrogens is 1. The van der Waals surface area contributed by atoms with Gasteiger partial charge in [-0.05, 0) is 11.8 Å². The molecule has 2 atom stereocenters. The number of carboxylic acid groups (broad SMARTS) is 1. The molecule has 1 aliphatic heterocycles.